The van der Waals surface area contributed by atoms with Crippen molar-refractivity contribution >= 4 is 0 Å². The van der Waals surface area contributed by atoms with Crippen LogP contribution in [0.3, 0.4) is 0 Å². The van der Waals surface area contributed by atoms with Crippen LogP contribution in [-0.2, 0) is 17.4 Å². The molecule has 0 aliphatic carbocycles. The van der Waals surface area contributed by atoms with Gasteiger partial charge in [0, 0.05) is 17.4 Å². The maximum atomic E-state index is 2.20. The molecule has 0 radical (unpaired) electrons. The Labute approximate surface area is 80.1 Å². The van der Waals surface area contributed by atoms with Gasteiger partial charge in [0.1, 0.15) is 0 Å². The molecule has 0 aromatic heterocycles. The van der Waals surface area contributed by atoms with E-state index in [1.165, 1.54) is 27.8 Å². The van der Waals surface area contributed by atoms with Crippen molar-refractivity contribution in [2.75, 3.05) is 0 Å². The first-order chi connectivity index (χ1) is 4.55. The minimum Gasteiger partial charge on any atom is -0.196 e. The molecule has 0 spiro atoms. The molecule has 0 unspecified atom stereocenters. The Morgan fingerprint density at radius 3 is 1.18 bits per heavy atom. The summed E-state index contributed by atoms with van der Waals surface area (Å²) < 4.78 is 0. The predicted octanol–water partition coefficient (Wildman–Crippen LogP) is 2.95. The Balaban J connectivity index is 0.000001000. The van der Waals surface area contributed by atoms with Crippen LogP contribution < -0.4 is 0 Å². The first-order valence-electron chi connectivity index (χ1n) is 3.75. The van der Waals surface area contributed by atoms with Crippen molar-refractivity contribution in [3.63, 3.8) is 0 Å². The van der Waals surface area contributed by atoms with E-state index in [1.807, 2.05) is 0 Å². The molecule has 1 rings (SSSR count). The summed E-state index contributed by atoms with van der Waals surface area (Å²) in [6.07, 6.45) is 0. The van der Waals surface area contributed by atoms with Crippen LogP contribution in [0.25, 0.3) is 0 Å². The van der Waals surface area contributed by atoms with Gasteiger partial charge in [-0.15, -0.1) is 0 Å². The molecule has 1 heteroatoms. The maximum Gasteiger partial charge on any atom is 0 e. The largest absolute Gasteiger partial charge is 0.196 e. The zero-order chi connectivity index (χ0) is 7.89. The molecule has 0 saturated carbocycles. The Morgan fingerprint density at radius 1 is 0.818 bits per heavy atom. The van der Waals surface area contributed by atoms with Crippen LogP contribution in [0.1, 0.15) is 27.8 Å². The standard InChI is InChI=1S/C10H15.Cr/c1-6-7(2)9(4)10(5)8(6)3;/h1-5H3;/q-1;. The topological polar surface area (TPSA) is 0 Å². The molecule has 1 aromatic carbocycles. The third-order valence-electron chi connectivity index (χ3n) is 2.81. The zero-order valence-electron chi connectivity index (χ0n) is 7.91. The minimum absolute atomic E-state index is 0. The van der Waals surface area contributed by atoms with Gasteiger partial charge in [-0.2, -0.15) is 27.8 Å². The fraction of sp³-hybridized carbons (Fsp3) is 0.500. The summed E-state index contributed by atoms with van der Waals surface area (Å²) in [5.41, 5.74) is 7.34. The van der Waals surface area contributed by atoms with Gasteiger partial charge in [0.25, 0.3) is 0 Å². The van der Waals surface area contributed by atoms with E-state index in [9.17, 15) is 0 Å². The second-order valence-electron chi connectivity index (χ2n) is 3.12. The first kappa shape index (κ1) is 10.9. The quantitative estimate of drug-likeness (QED) is 0.548. The summed E-state index contributed by atoms with van der Waals surface area (Å²) in [4.78, 5) is 0. The average Bonchev–Trinajstić information content (AvgIpc) is 2.07. The molecule has 0 aliphatic heterocycles. The van der Waals surface area contributed by atoms with Gasteiger partial charge in [0.2, 0.25) is 0 Å². The number of hydrogen-bond acceptors (Lipinski definition) is 0. The van der Waals surface area contributed by atoms with Crippen molar-refractivity contribution in [3.8, 4) is 0 Å². The van der Waals surface area contributed by atoms with Crippen LogP contribution >= 0.6 is 0 Å². The zero-order valence-corrected chi connectivity index (χ0v) is 9.18. The van der Waals surface area contributed by atoms with E-state index in [2.05, 4.69) is 34.6 Å². The van der Waals surface area contributed by atoms with Crippen molar-refractivity contribution < 1.29 is 17.4 Å². The third-order valence-corrected chi connectivity index (χ3v) is 2.81. The van der Waals surface area contributed by atoms with Crippen molar-refractivity contribution in [2.45, 2.75) is 34.6 Å². The van der Waals surface area contributed by atoms with Crippen molar-refractivity contribution in [2.24, 2.45) is 0 Å². The van der Waals surface area contributed by atoms with Crippen molar-refractivity contribution in [1.82, 2.24) is 0 Å². The molecule has 0 heterocycles. The van der Waals surface area contributed by atoms with Gasteiger partial charge in [-0.25, -0.2) is 0 Å². The molecule has 11 heavy (non-hydrogen) atoms. The van der Waals surface area contributed by atoms with Gasteiger partial charge in [-0.1, -0.05) is 34.6 Å². The Morgan fingerprint density at radius 2 is 1.09 bits per heavy atom. The number of rotatable bonds is 0. The van der Waals surface area contributed by atoms with E-state index in [0.29, 0.717) is 0 Å². The Kier molecular flexibility index (Phi) is 3.48. The molecular formula is C10H15Cr-. The van der Waals surface area contributed by atoms with Crippen molar-refractivity contribution in [3.05, 3.63) is 27.8 Å². The van der Waals surface area contributed by atoms with Gasteiger partial charge < -0.3 is 0 Å². The fourth-order valence-electron chi connectivity index (χ4n) is 1.41. The number of hydrogen-bond donors (Lipinski definition) is 0. The smallest absolute Gasteiger partial charge is 0 e. The first-order valence-corrected chi connectivity index (χ1v) is 3.75. The summed E-state index contributed by atoms with van der Waals surface area (Å²) >= 11 is 0. The van der Waals surface area contributed by atoms with E-state index < -0.39 is 0 Å². The molecule has 0 bridgehead atoms. The molecular weight excluding hydrogens is 172 g/mol. The van der Waals surface area contributed by atoms with Gasteiger partial charge in [-0.05, 0) is 0 Å². The molecule has 0 saturated heterocycles. The van der Waals surface area contributed by atoms with Crippen molar-refractivity contribution in [1.29, 1.82) is 0 Å². The van der Waals surface area contributed by atoms with Crippen LogP contribution in [0.15, 0.2) is 0 Å². The molecule has 62 valence electrons. The van der Waals surface area contributed by atoms with E-state index >= 15 is 0 Å². The minimum atomic E-state index is 0. The van der Waals surface area contributed by atoms with Crippen LogP contribution in [0, 0.1) is 34.6 Å². The third kappa shape index (κ3) is 1.55. The molecule has 1 aromatic rings. The maximum absolute atomic E-state index is 2.20. The monoisotopic (exact) mass is 187 g/mol. The predicted molar refractivity (Wildman–Crippen MR) is 45.7 cm³/mol. The van der Waals surface area contributed by atoms with Gasteiger partial charge >= 0.3 is 0 Å². The van der Waals surface area contributed by atoms with Crippen LogP contribution in [-0.4, -0.2) is 0 Å². The van der Waals surface area contributed by atoms with E-state index in [-0.39, 0.29) is 17.4 Å². The normalized spacial score (nSPS) is 9.55. The summed E-state index contributed by atoms with van der Waals surface area (Å²) in [5.74, 6) is 0. The van der Waals surface area contributed by atoms with E-state index in [4.69, 9.17) is 0 Å². The van der Waals surface area contributed by atoms with Gasteiger partial charge in [0.15, 0.2) is 0 Å². The van der Waals surface area contributed by atoms with Crippen LogP contribution in [0.2, 0.25) is 0 Å². The SMILES string of the molecule is Cc1c(C)c(C)[c-](C)c1C.[Cr]. The second kappa shape index (κ2) is 3.52. The van der Waals surface area contributed by atoms with Crippen LogP contribution in [0.5, 0.6) is 0 Å². The summed E-state index contributed by atoms with van der Waals surface area (Å²) in [6.45, 7) is 11.0. The second-order valence-corrected chi connectivity index (χ2v) is 3.12. The van der Waals surface area contributed by atoms with E-state index in [1.54, 1.807) is 0 Å². The fourth-order valence-corrected chi connectivity index (χ4v) is 1.41. The van der Waals surface area contributed by atoms with E-state index in [0.717, 1.165) is 0 Å². The van der Waals surface area contributed by atoms with Crippen LogP contribution in [0.4, 0.5) is 0 Å². The molecule has 0 aliphatic rings. The summed E-state index contributed by atoms with van der Waals surface area (Å²) in [7, 11) is 0. The Hall–Kier alpha value is -0.118. The molecule has 0 N–H and O–H groups in total. The van der Waals surface area contributed by atoms with Gasteiger partial charge in [0.05, 0.1) is 0 Å². The average molecular weight is 187 g/mol. The van der Waals surface area contributed by atoms with Gasteiger partial charge in [-0.3, -0.25) is 0 Å². The Bertz CT molecular complexity index is 176. The summed E-state index contributed by atoms with van der Waals surface area (Å²) in [5, 5.41) is 0. The molecule has 0 atom stereocenters. The molecule has 0 amide bonds. The molecule has 0 fully saturated rings. The summed E-state index contributed by atoms with van der Waals surface area (Å²) in [6, 6.07) is 0. The molecule has 0 nitrogen and oxygen atoms in total.